The Labute approximate surface area is 110 Å². The monoisotopic (exact) mass is 415 g/mol. The van der Waals surface area contributed by atoms with E-state index in [1.165, 1.54) is 22.6 Å². The van der Waals surface area contributed by atoms with Gasteiger partial charge in [-0.15, -0.1) is 0 Å². The Kier molecular flexibility index (Phi) is 4.49. The van der Waals surface area contributed by atoms with Crippen molar-refractivity contribution in [1.29, 1.82) is 0 Å². The van der Waals surface area contributed by atoms with Crippen molar-refractivity contribution in [3.05, 3.63) is 26.6 Å². The molecule has 0 aliphatic heterocycles. The van der Waals surface area contributed by atoms with Crippen molar-refractivity contribution in [1.82, 2.24) is 4.98 Å². The van der Waals surface area contributed by atoms with Crippen LogP contribution in [0.3, 0.4) is 0 Å². The first-order chi connectivity index (χ1) is 7.29. The normalized spacial score (nSPS) is 12.2. The smallest absolute Gasteiger partial charge is 0.251 e. The molecule has 0 aliphatic carbocycles. The van der Waals surface area contributed by atoms with Crippen molar-refractivity contribution in [3.63, 3.8) is 0 Å². The summed E-state index contributed by atoms with van der Waals surface area (Å²) in [5.74, 6) is 0. The van der Waals surface area contributed by atoms with E-state index in [1.54, 1.807) is 0 Å². The third-order valence-electron chi connectivity index (χ3n) is 1.75. The van der Waals surface area contributed by atoms with Crippen LogP contribution in [0.5, 0.6) is 0 Å². The van der Waals surface area contributed by atoms with Crippen LogP contribution in [-0.2, 0) is 11.5 Å². The van der Waals surface area contributed by atoms with Crippen molar-refractivity contribution in [2.75, 3.05) is 0 Å². The number of halogens is 7. The average Bonchev–Trinajstić information content (AvgIpc) is 2.15. The molecule has 1 nitrogen and oxygen atoms in total. The number of aromatic nitrogens is 1. The highest BCUT2D eigenvalue weighted by atomic mass is 127. The number of hydrogen-bond acceptors (Lipinski definition) is 1. The van der Waals surface area contributed by atoms with E-state index in [1.807, 2.05) is 0 Å². The fourth-order valence-electron chi connectivity index (χ4n) is 1.06. The van der Waals surface area contributed by atoms with Gasteiger partial charge < -0.3 is 0 Å². The predicted molar refractivity (Wildman–Crippen MR) is 59.5 cm³/mol. The van der Waals surface area contributed by atoms with E-state index in [0.717, 1.165) is 6.20 Å². The summed E-state index contributed by atoms with van der Waals surface area (Å²) in [6.07, 6.45) is -7.11. The molecule has 0 bridgehead atoms. The number of pyridine rings is 1. The Balaban J connectivity index is 3.47. The van der Waals surface area contributed by atoms with Gasteiger partial charge >= 0.3 is 6.18 Å². The molecule has 0 saturated heterocycles. The summed E-state index contributed by atoms with van der Waals surface area (Å²) in [5, 5.41) is 0.177. The third kappa shape index (κ3) is 2.82. The quantitative estimate of drug-likeness (QED) is 0.392. The highest BCUT2D eigenvalue weighted by molar-refractivity contribution is 14.1. The van der Waals surface area contributed by atoms with Crippen molar-refractivity contribution in [2.24, 2.45) is 0 Å². The van der Waals surface area contributed by atoms with Gasteiger partial charge in [-0.2, -0.15) is 13.2 Å². The number of nitrogens with zero attached hydrogens (tertiary/aromatic N) is 1. The molecule has 0 fully saturated rings. The van der Waals surface area contributed by atoms with Crippen LogP contribution >= 0.6 is 38.5 Å². The van der Waals surface area contributed by atoms with Crippen molar-refractivity contribution in [2.45, 2.75) is 17.9 Å². The van der Waals surface area contributed by atoms with E-state index in [2.05, 4.69) is 20.9 Å². The first-order valence-electron chi connectivity index (χ1n) is 3.87. The zero-order chi connectivity index (χ0) is 12.5. The van der Waals surface area contributed by atoms with Crippen LogP contribution in [0.2, 0.25) is 0 Å². The zero-order valence-electron chi connectivity index (χ0n) is 7.45. The summed E-state index contributed by atoms with van der Waals surface area (Å²) in [5.41, 5.74) is -2.26. The molecule has 0 radical (unpaired) electrons. The Bertz CT molecular complexity index is 393. The maximum Gasteiger partial charge on any atom is 0.433 e. The summed E-state index contributed by atoms with van der Waals surface area (Å²) in [7, 11) is 0. The summed E-state index contributed by atoms with van der Waals surface area (Å²) in [6, 6.07) is 0. The molecular weight excluding hydrogens is 412 g/mol. The van der Waals surface area contributed by atoms with Crippen molar-refractivity contribution in [3.8, 4) is 0 Å². The highest BCUT2D eigenvalue weighted by Gasteiger charge is 2.39. The second kappa shape index (κ2) is 5.11. The van der Waals surface area contributed by atoms with Gasteiger partial charge in [0.2, 0.25) is 0 Å². The van der Waals surface area contributed by atoms with Crippen molar-refractivity contribution < 1.29 is 22.0 Å². The van der Waals surface area contributed by atoms with E-state index in [0.29, 0.717) is 5.56 Å². The number of rotatable bonds is 2. The van der Waals surface area contributed by atoms with Gasteiger partial charge in [0.1, 0.15) is 0 Å². The molecule has 1 aromatic heterocycles. The van der Waals surface area contributed by atoms with E-state index in [4.69, 9.17) is 0 Å². The van der Waals surface area contributed by atoms with Gasteiger partial charge in [-0.3, -0.25) is 4.98 Å². The summed E-state index contributed by atoms with van der Waals surface area (Å²) in [6.45, 7) is 0. The van der Waals surface area contributed by atoms with Crippen LogP contribution in [0.25, 0.3) is 0 Å². The molecule has 16 heavy (non-hydrogen) atoms. The summed E-state index contributed by atoms with van der Waals surface area (Å²) >= 11 is 4.47. The average molecular weight is 416 g/mol. The molecule has 1 rings (SSSR count). The highest BCUT2D eigenvalue weighted by Crippen LogP contribution is 2.38. The first kappa shape index (κ1) is 14.1. The second-order valence-corrected chi connectivity index (χ2v) is 4.43. The van der Waals surface area contributed by atoms with E-state index >= 15 is 0 Å². The lowest BCUT2D eigenvalue weighted by Crippen LogP contribution is -2.14. The molecule has 0 aromatic carbocycles. The van der Waals surface area contributed by atoms with Crippen LogP contribution < -0.4 is 0 Å². The summed E-state index contributed by atoms with van der Waals surface area (Å²) < 4.78 is 62.3. The van der Waals surface area contributed by atoms with Crippen LogP contribution in [0.15, 0.2) is 6.20 Å². The minimum Gasteiger partial charge on any atom is -0.251 e. The van der Waals surface area contributed by atoms with Crippen LogP contribution in [0.4, 0.5) is 22.0 Å². The Morgan fingerprint density at radius 2 is 1.94 bits per heavy atom. The number of hydrogen-bond donors (Lipinski definition) is 0. The van der Waals surface area contributed by atoms with Crippen LogP contribution in [0, 0.1) is 3.57 Å². The SMILES string of the molecule is FC(F)c1c(C(F)(F)F)ncc(CBr)c1I. The van der Waals surface area contributed by atoms with Gasteiger partial charge in [0.15, 0.2) is 5.69 Å². The van der Waals surface area contributed by atoms with Crippen LogP contribution in [-0.4, -0.2) is 4.98 Å². The van der Waals surface area contributed by atoms with Crippen molar-refractivity contribution >= 4 is 38.5 Å². The molecule has 0 spiro atoms. The first-order valence-corrected chi connectivity index (χ1v) is 6.07. The van der Waals surface area contributed by atoms with Gasteiger partial charge in [0, 0.05) is 15.1 Å². The lowest BCUT2D eigenvalue weighted by Gasteiger charge is -2.14. The maximum absolute atomic E-state index is 12.6. The Morgan fingerprint density at radius 3 is 2.31 bits per heavy atom. The minimum atomic E-state index is -4.86. The third-order valence-corrected chi connectivity index (χ3v) is 3.63. The Hall–Kier alpha value is 0.01000. The fraction of sp³-hybridized carbons (Fsp3) is 0.375. The van der Waals surface area contributed by atoms with Gasteiger partial charge in [-0.25, -0.2) is 8.78 Å². The lowest BCUT2D eigenvalue weighted by molar-refractivity contribution is -0.143. The van der Waals surface area contributed by atoms with Crippen LogP contribution in [0.1, 0.15) is 23.2 Å². The van der Waals surface area contributed by atoms with Gasteiger partial charge in [0.25, 0.3) is 6.43 Å². The minimum absolute atomic E-state index is 0.105. The van der Waals surface area contributed by atoms with E-state index < -0.39 is 23.9 Å². The van der Waals surface area contributed by atoms with E-state index in [-0.39, 0.29) is 8.90 Å². The predicted octanol–water partition coefficient (Wildman–Crippen LogP) is 4.54. The second-order valence-electron chi connectivity index (χ2n) is 2.79. The molecule has 0 unspecified atom stereocenters. The Morgan fingerprint density at radius 1 is 1.38 bits per heavy atom. The molecular formula is C8H4BrF5IN. The fourth-order valence-corrected chi connectivity index (χ4v) is 2.83. The standard InChI is InChI=1S/C8H4BrF5IN/c9-1-3-2-16-6(8(12,13)14)4(5(3)15)7(10)11/h2,7H,1H2. The molecule has 0 aliphatic rings. The molecule has 1 aromatic rings. The molecule has 0 saturated carbocycles. The molecule has 0 amide bonds. The molecule has 0 N–H and O–H groups in total. The zero-order valence-corrected chi connectivity index (χ0v) is 11.2. The van der Waals surface area contributed by atoms with E-state index in [9.17, 15) is 22.0 Å². The largest absolute Gasteiger partial charge is 0.433 e. The lowest BCUT2D eigenvalue weighted by atomic mass is 10.1. The van der Waals surface area contributed by atoms with Gasteiger partial charge in [-0.05, 0) is 28.2 Å². The molecule has 90 valence electrons. The van der Waals surface area contributed by atoms with Gasteiger partial charge in [0.05, 0.1) is 5.56 Å². The molecule has 8 heteroatoms. The molecule has 0 atom stereocenters. The topological polar surface area (TPSA) is 12.9 Å². The van der Waals surface area contributed by atoms with Gasteiger partial charge in [-0.1, -0.05) is 15.9 Å². The summed E-state index contributed by atoms with van der Waals surface area (Å²) in [4.78, 5) is 3.06. The molecule has 1 heterocycles. The maximum atomic E-state index is 12.6. The number of alkyl halides is 6.